The Morgan fingerprint density at radius 1 is 0.871 bits per heavy atom. The first-order valence-electron chi connectivity index (χ1n) is 22.7. The number of carbonyl (C=O) groups is 11. The second kappa shape index (κ2) is 26.1. The number of aliphatic hydroxyl groups is 1. The molecule has 1 aromatic carbocycles. The second-order valence-electron chi connectivity index (χ2n) is 17.9. The molecule has 0 saturated carbocycles. The van der Waals surface area contributed by atoms with Crippen molar-refractivity contribution in [2.75, 3.05) is 30.1 Å². The molecule has 2 aromatic rings. The molecule has 2 aliphatic heterocycles. The maximum atomic E-state index is 14.3. The third-order valence-corrected chi connectivity index (χ3v) is 13.4. The number of aliphatic carboxylic acids is 1. The zero-order valence-electron chi connectivity index (χ0n) is 39.9. The summed E-state index contributed by atoms with van der Waals surface area (Å²) >= 11 is 2.18. The average molecular weight is 1020 g/mol. The molecular weight excluding hydrogens is 953 g/mol. The highest BCUT2D eigenvalue weighted by atomic mass is 32.2. The highest BCUT2D eigenvalue weighted by molar-refractivity contribution is 7.99. The minimum Gasteiger partial charge on any atom is -0.481 e. The Morgan fingerprint density at radius 3 is 2.20 bits per heavy atom. The molecule has 0 spiro atoms. The number of carboxylic acids is 1. The van der Waals surface area contributed by atoms with Crippen molar-refractivity contribution < 1.29 is 63.0 Å². The van der Waals surface area contributed by atoms with Crippen LogP contribution in [0, 0.1) is 5.92 Å². The number of aromatic amines is 1. The molecule has 12 N–H and O–H groups in total. The molecule has 9 atom stereocenters. The summed E-state index contributed by atoms with van der Waals surface area (Å²) in [6.45, 7) is 6.80. The number of carboxylic acid groups (broad SMARTS) is 1. The number of hydrogen-bond acceptors (Lipinski definition) is 14. The number of nitrogens with one attached hydrogen (secondary N) is 10. The zero-order valence-corrected chi connectivity index (χ0v) is 41.5. The third kappa shape index (κ3) is 16.5. The fraction of sp³-hybridized carbons (Fsp3) is 0.578. The summed E-state index contributed by atoms with van der Waals surface area (Å²) in [5, 5.41) is 43.6. The quantitative estimate of drug-likeness (QED) is 0.0908. The van der Waals surface area contributed by atoms with E-state index >= 15 is 0 Å². The monoisotopic (exact) mass is 1020 g/mol. The van der Waals surface area contributed by atoms with Crippen LogP contribution in [0.25, 0.3) is 10.9 Å². The SMILES string of the molecule is CSC[C@@H](NC(=O)[C@@H]1CSCCC(=O)N[C@@H](CC(C)C)C(=O)N[C@@H](Cc2c[nH]c3ccccc23)C(=O)N[C@@H](CCC(=O)O)C(=O)N1)C(=O)N[C@H]1C[C@@](C)(C(C)=O)NC(=O)CNC(=O)[C@H]([C@@H](C)O)NC1=O. The summed E-state index contributed by atoms with van der Waals surface area (Å²) in [6.07, 6.45) is 0.260. The number of aromatic nitrogens is 1. The number of rotatable bonds is 15. The molecule has 2 fully saturated rings. The van der Waals surface area contributed by atoms with Gasteiger partial charge in [0.1, 0.15) is 42.3 Å². The summed E-state index contributed by atoms with van der Waals surface area (Å²) < 4.78 is 0. The fourth-order valence-corrected chi connectivity index (χ4v) is 9.22. The maximum absolute atomic E-state index is 14.3. The molecule has 0 aliphatic carbocycles. The van der Waals surface area contributed by atoms with Gasteiger partial charge in [0.15, 0.2) is 5.78 Å². The van der Waals surface area contributed by atoms with Crippen LogP contribution in [0.3, 0.4) is 0 Å². The first-order valence-corrected chi connectivity index (χ1v) is 25.3. The van der Waals surface area contributed by atoms with Gasteiger partial charge in [-0.05, 0) is 57.4 Å². The van der Waals surface area contributed by atoms with Crippen LogP contribution >= 0.6 is 23.5 Å². The van der Waals surface area contributed by atoms with E-state index in [4.69, 9.17) is 0 Å². The number of amides is 9. The van der Waals surface area contributed by atoms with Crippen LogP contribution < -0.4 is 47.9 Å². The molecule has 2 saturated heterocycles. The van der Waals surface area contributed by atoms with Gasteiger partial charge in [-0.1, -0.05) is 32.0 Å². The van der Waals surface area contributed by atoms with Gasteiger partial charge in [-0.3, -0.25) is 52.7 Å². The zero-order chi connectivity index (χ0) is 51.9. The molecule has 384 valence electrons. The Labute approximate surface area is 412 Å². The maximum Gasteiger partial charge on any atom is 0.303 e. The topological polar surface area (TPSA) is 352 Å². The van der Waals surface area contributed by atoms with Crippen molar-refractivity contribution in [3.05, 3.63) is 36.0 Å². The normalized spacial score (nSPS) is 25.6. The van der Waals surface area contributed by atoms with Crippen molar-refractivity contribution in [2.24, 2.45) is 5.92 Å². The smallest absolute Gasteiger partial charge is 0.303 e. The molecule has 0 radical (unpaired) electrons. The first-order chi connectivity index (χ1) is 33.0. The summed E-state index contributed by atoms with van der Waals surface area (Å²) in [5.74, 6) is -9.80. The first kappa shape index (κ1) is 56.4. The number of aliphatic hydroxyl groups excluding tert-OH is 1. The predicted molar refractivity (Wildman–Crippen MR) is 259 cm³/mol. The molecular formula is C45H64N10O13S2. The van der Waals surface area contributed by atoms with E-state index < -0.39 is 145 Å². The number of ketones is 1. The number of fused-ring (bicyclic) bond motifs is 1. The van der Waals surface area contributed by atoms with E-state index in [1.54, 1.807) is 18.5 Å². The number of carbonyl (C=O) groups excluding carboxylic acids is 10. The Morgan fingerprint density at radius 2 is 1.54 bits per heavy atom. The number of Topliss-reactive ketones (excluding diaryl/α,β-unsaturated/α-hetero) is 1. The van der Waals surface area contributed by atoms with Gasteiger partial charge in [-0.2, -0.15) is 23.5 Å². The van der Waals surface area contributed by atoms with Crippen molar-refractivity contribution in [1.82, 2.24) is 52.8 Å². The van der Waals surface area contributed by atoms with Crippen molar-refractivity contribution in [1.29, 1.82) is 0 Å². The van der Waals surface area contributed by atoms with Gasteiger partial charge >= 0.3 is 5.97 Å². The molecule has 0 unspecified atom stereocenters. The molecule has 9 amide bonds. The van der Waals surface area contributed by atoms with Gasteiger partial charge < -0.3 is 63.0 Å². The summed E-state index contributed by atoms with van der Waals surface area (Å²) in [7, 11) is 0. The lowest BCUT2D eigenvalue weighted by Gasteiger charge is -2.33. The van der Waals surface area contributed by atoms with Crippen molar-refractivity contribution in [3.8, 4) is 0 Å². The van der Waals surface area contributed by atoms with Gasteiger partial charge in [-0.15, -0.1) is 0 Å². The van der Waals surface area contributed by atoms with Crippen LogP contribution in [0.2, 0.25) is 0 Å². The van der Waals surface area contributed by atoms with Crippen LogP contribution in [0.4, 0.5) is 0 Å². The molecule has 2 aliphatic rings. The number of thioether (sulfide) groups is 2. The number of para-hydroxylation sites is 1. The molecule has 70 heavy (non-hydrogen) atoms. The average Bonchev–Trinajstić information content (AvgIpc) is 3.69. The van der Waals surface area contributed by atoms with Crippen LogP contribution in [0.15, 0.2) is 30.5 Å². The minimum absolute atomic E-state index is 0.0704. The second-order valence-corrected chi connectivity index (χ2v) is 20.0. The Bertz CT molecular complexity index is 2290. The lowest BCUT2D eigenvalue weighted by molar-refractivity contribution is -0.138. The standard InChI is InChI=1S/C45H64N10O13S2/c1-22(2)15-29-39(63)50-30(16-25-18-46-27-10-8-7-9-26(25)27)40(64)49-28(11-12-36(60)61)38(62)53-33(21-70-14-13-34(58)48-29)43(67)52-32(20-69-6)42(66)51-31-17-45(5,24(4)57)55-35(59)19-47-44(68)37(23(3)56)54-41(31)65/h7-10,18,22-23,28-33,37,46,56H,11-17,19-21H2,1-6H3,(H,47,68)(H,48,58)(H,49,64)(H,50,63)(H,51,66)(H,52,67)(H,53,62)(H,54,65)(H,55,59)(H,60,61)/t23-,28+,29+,30+,31+,32-,33+,37+,45+/m1/s1. The Kier molecular flexibility index (Phi) is 21.0. The Hall–Kier alpha value is -6.21. The molecule has 1 aromatic heterocycles. The van der Waals surface area contributed by atoms with E-state index in [2.05, 4.69) is 52.8 Å². The van der Waals surface area contributed by atoms with Gasteiger partial charge in [-0.25, -0.2) is 0 Å². The van der Waals surface area contributed by atoms with Crippen molar-refractivity contribution in [2.45, 2.75) is 127 Å². The van der Waals surface area contributed by atoms with Crippen molar-refractivity contribution >= 4 is 99.3 Å². The molecule has 23 nitrogen and oxygen atoms in total. The van der Waals surface area contributed by atoms with Crippen LogP contribution in [-0.4, -0.2) is 164 Å². The lowest BCUT2D eigenvalue weighted by Crippen LogP contribution is -2.63. The lowest BCUT2D eigenvalue weighted by atomic mass is 9.88. The van der Waals surface area contributed by atoms with E-state index in [1.807, 2.05) is 32.0 Å². The number of hydrogen-bond donors (Lipinski definition) is 12. The highest BCUT2D eigenvalue weighted by Crippen LogP contribution is 2.21. The Balaban J connectivity index is 1.67. The molecule has 0 bridgehead atoms. The summed E-state index contributed by atoms with van der Waals surface area (Å²) in [4.78, 5) is 151. The van der Waals surface area contributed by atoms with Crippen molar-refractivity contribution in [3.63, 3.8) is 0 Å². The third-order valence-electron chi connectivity index (χ3n) is 11.7. The van der Waals surface area contributed by atoms with Crippen LogP contribution in [-0.2, 0) is 59.2 Å². The van der Waals surface area contributed by atoms with Gasteiger partial charge in [0.05, 0.1) is 18.2 Å². The van der Waals surface area contributed by atoms with Gasteiger partial charge in [0, 0.05) is 60.0 Å². The van der Waals surface area contributed by atoms with Gasteiger partial charge in [0.2, 0.25) is 53.2 Å². The highest BCUT2D eigenvalue weighted by Gasteiger charge is 2.41. The van der Waals surface area contributed by atoms with E-state index in [0.717, 1.165) is 41.4 Å². The minimum atomic E-state index is -1.76. The van der Waals surface area contributed by atoms with Crippen LogP contribution in [0.5, 0.6) is 0 Å². The summed E-state index contributed by atoms with van der Waals surface area (Å²) in [6, 6.07) is -2.85. The van der Waals surface area contributed by atoms with E-state index in [1.165, 1.54) is 13.8 Å². The number of H-pyrrole nitrogens is 1. The van der Waals surface area contributed by atoms with E-state index in [-0.39, 0.29) is 42.4 Å². The molecule has 4 rings (SSSR count). The molecule has 25 heteroatoms. The molecule has 3 heterocycles. The largest absolute Gasteiger partial charge is 0.481 e. The van der Waals surface area contributed by atoms with Crippen LogP contribution in [0.1, 0.15) is 72.3 Å². The summed E-state index contributed by atoms with van der Waals surface area (Å²) in [5.41, 5.74) is -0.377. The van der Waals surface area contributed by atoms with E-state index in [0.29, 0.717) is 5.56 Å². The van der Waals surface area contributed by atoms with E-state index in [9.17, 15) is 63.0 Å². The fourth-order valence-electron chi connectivity index (χ4n) is 7.68. The number of benzene rings is 1. The van der Waals surface area contributed by atoms with Gasteiger partial charge in [0.25, 0.3) is 0 Å². The predicted octanol–water partition coefficient (Wildman–Crippen LogP) is -2.12.